The highest BCUT2D eigenvalue weighted by molar-refractivity contribution is 6.04. The SMILES string of the molecule is COc1ccc2c(n1)C(C)(C)C(=O)N2. The Hall–Kier alpha value is -1.58. The smallest absolute Gasteiger partial charge is 0.236 e. The fourth-order valence-electron chi connectivity index (χ4n) is 1.52. The third kappa shape index (κ3) is 1.07. The van der Waals surface area contributed by atoms with E-state index in [4.69, 9.17) is 4.74 Å². The second kappa shape index (κ2) is 2.70. The van der Waals surface area contributed by atoms with Gasteiger partial charge in [-0.2, -0.15) is 0 Å². The molecule has 0 aliphatic carbocycles. The van der Waals surface area contributed by atoms with Crippen molar-refractivity contribution in [1.82, 2.24) is 4.98 Å². The quantitative estimate of drug-likeness (QED) is 0.730. The lowest BCUT2D eigenvalue weighted by molar-refractivity contribution is -0.119. The number of pyridine rings is 1. The van der Waals surface area contributed by atoms with Gasteiger partial charge in [0.15, 0.2) is 0 Å². The predicted octanol–water partition coefficient (Wildman–Crippen LogP) is 1.32. The number of fused-ring (bicyclic) bond motifs is 1. The first-order valence-corrected chi connectivity index (χ1v) is 4.42. The van der Waals surface area contributed by atoms with Gasteiger partial charge in [-0.15, -0.1) is 0 Å². The van der Waals surface area contributed by atoms with Gasteiger partial charge in [-0.1, -0.05) is 0 Å². The Bertz CT molecular complexity index is 399. The number of aromatic nitrogens is 1. The second-order valence-corrected chi connectivity index (χ2v) is 3.83. The molecule has 4 nitrogen and oxygen atoms in total. The molecule has 0 unspecified atom stereocenters. The molecule has 1 amide bonds. The van der Waals surface area contributed by atoms with Gasteiger partial charge in [0.1, 0.15) is 0 Å². The number of hydrogen-bond acceptors (Lipinski definition) is 3. The van der Waals surface area contributed by atoms with Gasteiger partial charge < -0.3 is 10.1 Å². The van der Waals surface area contributed by atoms with Crippen molar-refractivity contribution < 1.29 is 9.53 Å². The summed E-state index contributed by atoms with van der Waals surface area (Å²) in [6, 6.07) is 3.55. The normalized spacial score (nSPS) is 17.5. The minimum Gasteiger partial charge on any atom is -0.481 e. The van der Waals surface area contributed by atoms with E-state index in [0.29, 0.717) is 5.88 Å². The Morgan fingerprint density at radius 1 is 1.43 bits per heavy atom. The van der Waals surface area contributed by atoms with Crippen molar-refractivity contribution in [3.05, 3.63) is 17.8 Å². The van der Waals surface area contributed by atoms with Crippen LogP contribution in [0.2, 0.25) is 0 Å². The van der Waals surface area contributed by atoms with Gasteiger partial charge in [-0.05, 0) is 19.9 Å². The largest absolute Gasteiger partial charge is 0.481 e. The number of amides is 1. The molecule has 0 saturated carbocycles. The maximum Gasteiger partial charge on any atom is 0.236 e. The Morgan fingerprint density at radius 2 is 2.14 bits per heavy atom. The third-order valence-corrected chi connectivity index (χ3v) is 2.49. The zero-order valence-electron chi connectivity index (χ0n) is 8.42. The first-order valence-electron chi connectivity index (χ1n) is 4.42. The predicted molar refractivity (Wildman–Crippen MR) is 52.4 cm³/mol. The molecule has 0 spiro atoms. The number of methoxy groups -OCH3 is 1. The average molecular weight is 192 g/mol. The van der Waals surface area contributed by atoms with E-state index in [0.717, 1.165) is 11.4 Å². The van der Waals surface area contributed by atoms with Crippen LogP contribution in [-0.4, -0.2) is 18.0 Å². The van der Waals surface area contributed by atoms with E-state index in [9.17, 15) is 4.79 Å². The van der Waals surface area contributed by atoms with Gasteiger partial charge in [0, 0.05) is 6.07 Å². The number of anilines is 1. The molecular formula is C10H12N2O2. The summed E-state index contributed by atoms with van der Waals surface area (Å²) in [6.45, 7) is 3.70. The molecular weight excluding hydrogens is 180 g/mol. The van der Waals surface area contributed by atoms with Crippen molar-refractivity contribution in [3.8, 4) is 5.88 Å². The molecule has 0 fully saturated rings. The van der Waals surface area contributed by atoms with E-state index in [1.165, 1.54) is 0 Å². The van der Waals surface area contributed by atoms with Crippen molar-refractivity contribution in [3.63, 3.8) is 0 Å². The maximum absolute atomic E-state index is 11.6. The number of hydrogen-bond donors (Lipinski definition) is 1. The molecule has 1 aliphatic heterocycles. The van der Waals surface area contributed by atoms with E-state index in [1.807, 2.05) is 19.9 Å². The van der Waals surface area contributed by atoms with E-state index < -0.39 is 5.41 Å². The second-order valence-electron chi connectivity index (χ2n) is 3.83. The van der Waals surface area contributed by atoms with Crippen LogP contribution >= 0.6 is 0 Å². The summed E-state index contributed by atoms with van der Waals surface area (Å²) in [5.41, 5.74) is 0.965. The Balaban J connectivity index is 2.56. The van der Waals surface area contributed by atoms with Crippen LogP contribution in [0.1, 0.15) is 19.5 Å². The molecule has 0 bridgehead atoms. The van der Waals surface area contributed by atoms with Crippen molar-refractivity contribution in [2.75, 3.05) is 12.4 Å². The van der Waals surface area contributed by atoms with Gasteiger partial charge in [0.25, 0.3) is 0 Å². The first kappa shape index (κ1) is 8.99. The fourth-order valence-corrected chi connectivity index (χ4v) is 1.52. The summed E-state index contributed by atoms with van der Waals surface area (Å²) < 4.78 is 5.02. The average Bonchev–Trinajstić information content (AvgIpc) is 2.38. The molecule has 2 heterocycles. The minimum atomic E-state index is -0.566. The lowest BCUT2D eigenvalue weighted by Gasteiger charge is -2.13. The molecule has 4 heteroatoms. The van der Waals surface area contributed by atoms with Crippen molar-refractivity contribution >= 4 is 11.6 Å². The zero-order chi connectivity index (χ0) is 10.3. The van der Waals surface area contributed by atoms with Crippen molar-refractivity contribution in [2.24, 2.45) is 0 Å². The minimum absolute atomic E-state index is 0.0201. The lowest BCUT2D eigenvalue weighted by atomic mass is 9.90. The topological polar surface area (TPSA) is 51.2 Å². The standard InChI is InChI=1S/C10H12N2O2/c1-10(2)8-6(11-9(10)13)4-5-7(12-8)14-3/h4-5H,1-3H3,(H,11,13). The van der Waals surface area contributed by atoms with Crippen LogP contribution in [0.4, 0.5) is 5.69 Å². The van der Waals surface area contributed by atoms with Crippen LogP contribution < -0.4 is 10.1 Å². The number of nitrogens with zero attached hydrogens (tertiary/aromatic N) is 1. The highest BCUT2D eigenvalue weighted by Gasteiger charge is 2.40. The summed E-state index contributed by atoms with van der Waals surface area (Å²) in [5, 5.41) is 2.78. The van der Waals surface area contributed by atoms with Crippen LogP contribution in [0, 0.1) is 0 Å². The third-order valence-electron chi connectivity index (χ3n) is 2.49. The van der Waals surface area contributed by atoms with E-state index >= 15 is 0 Å². The summed E-state index contributed by atoms with van der Waals surface area (Å²) in [7, 11) is 1.56. The summed E-state index contributed by atoms with van der Waals surface area (Å²) in [5.74, 6) is 0.515. The molecule has 74 valence electrons. The molecule has 1 N–H and O–H groups in total. The highest BCUT2D eigenvalue weighted by Crippen LogP contribution is 2.36. The molecule has 0 saturated heterocycles. The molecule has 1 aliphatic rings. The molecule has 2 rings (SSSR count). The molecule has 1 aromatic heterocycles. The number of nitrogens with one attached hydrogen (secondary N) is 1. The van der Waals surface area contributed by atoms with Gasteiger partial charge in [-0.25, -0.2) is 4.98 Å². The van der Waals surface area contributed by atoms with Crippen LogP contribution in [0.3, 0.4) is 0 Å². The van der Waals surface area contributed by atoms with E-state index in [1.54, 1.807) is 13.2 Å². The monoisotopic (exact) mass is 192 g/mol. The Kier molecular flexibility index (Phi) is 1.74. The number of carbonyl (C=O) groups excluding carboxylic acids is 1. The highest BCUT2D eigenvalue weighted by atomic mass is 16.5. The van der Waals surface area contributed by atoms with Gasteiger partial charge in [-0.3, -0.25) is 4.79 Å². The number of ether oxygens (including phenoxy) is 1. The number of carbonyl (C=O) groups is 1. The van der Waals surface area contributed by atoms with Gasteiger partial charge >= 0.3 is 0 Å². The van der Waals surface area contributed by atoms with Crippen LogP contribution in [0.15, 0.2) is 12.1 Å². The van der Waals surface area contributed by atoms with Crippen LogP contribution in [0.25, 0.3) is 0 Å². The molecule has 14 heavy (non-hydrogen) atoms. The molecule has 1 aromatic rings. The molecule has 0 radical (unpaired) electrons. The van der Waals surface area contributed by atoms with Crippen molar-refractivity contribution in [2.45, 2.75) is 19.3 Å². The number of rotatable bonds is 1. The van der Waals surface area contributed by atoms with Gasteiger partial charge in [0.05, 0.1) is 23.9 Å². The van der Waals surface area contributed by atoms with Gasteiger partial charge in [0.2, 0.25) is 11.8 Å². The summed E-state index contributed by atoms with van der Waals surface area (Å²) >= 11 is 0. The Morgan fingerprint density at radius 3 is 2.79 bits per heavy atom. The van der Waals surface area contributed by atoms with Crippen LogP contribution in [-0.2, 0) is 10.2 Å². The first-order chi connectivity index (χ1) is 6.55. The summed E-state index contributed by atoms with van der Waals surface area (Å²) in [4.78, 5) is 15.8. The van der Waals surface area contributed by atoms with Crippen LogP contribution in [0.5, 0.6) is 5.88 Å². The van der Waals surface area contributed by atoms with E-state index in [-0.39, 0.29) is 5.91 Å². The fraction of sp³-hybridized carbons (Fsp3) is 0.400. The zero-order valence-corrected chi connectivity index (χ0v) is 8.42. The van der Waals surface area contributed by atoms with Crippen molar-refractivity contribution in [1.29, 1.82) is 0 Å². The maximum atomic E-state index is 11.6. The van der Waals surface area contributed by atoms with E-state index in [2.05, 4.69) is 10.3 Å². The summed E-state index contributed by atoms with van der Waals surface area (Å²) in [6.07, 6.45) is 0. The Labute approximate surface area is 82.3 Å². The molecule has 0 atom stereocenters. The molecule has 0 aromatic carbocycles. The lowest BCUT2D eigenvalue weighted by Crippen LogP contribution is -2.27.